The van der Waals surface area contributed by atoms with Gasteiger partial charge in [0, 0.05) is 5.56 Å². The number of nitrogens with one attached hydrogen (secondary N) is 1. The van der Waals surface area contributed by atoms with E-state index in [1.54, 1.807) is 12.1 Å². The zero-order chi connectivity index (χ0) is 18.6. The van der Waals surface area contributed by atoms with E-state index in [0.29, 0.717) is 11.3 Å². The minimum Gasteiger partial charge on any atom is -0.534 e. The van der Waals surface area contributed by atoms with Crippen molar-refractivity contribution in [2.24, 2.45) is 0 Å². The van der Waals surface area contributed by atoms with Crippen molar-refractivity contribution in [3.63, 3.8) is 0 Å². The van der Waals surface area contributed by atoms with Gasteiger partial charge < -0.3 is 24.8 Å². The molecular formula is C14H16BF2NO6S. The average molecular weight is 375 g/mol. The Balaban J connectivity index is 2.17. The van der Waals surface area contributed by atoms with Crippen LogP contribution in [0, 0.1) is 0 Å². The third-order valence-electron chi connectivity index (χ3n) is 3.56. The molecule has 1 aromatic rings. The molecule has 1 aromatic carbocycles. The molecule has 0 fully saturated rings. The molecule has 0 bridgehead atoms. The molecule has 1 aliphatic rings. The minimum atomic E-state index is -2.66. The number of hydrogen-bond donors (Lipinski definition) is 3. The number of benzene rings is 1. The topological polar surface area (TPSA) is 105 Å². The fourth-order valence-corrected chi connectivity index (χ4v) is 2.89. The van der Waals surface area contributed by atoms with Crippen molar-refractivity contribution in [1.29, 1.82) is 0 Å². The SMILES string of the molecule is COc1ccc2c(c1CC(=O)O)OB(O)C(NC(=O)CSC(F)F)C2. The maximum Gasteiger partial charge on any atom is 0.547 e. The second kappa shape index (κ2) is 8.39. The van der Waals surface area contributed by atoms with Gasteiger partial charge in [-0.05, 0) is 18.1 Å². The Bertz CT molecular complexity index is 662. The summed E-state index contributed by atoms with van der Waals surface area (Å²) in [4.78, 5) is 22.7. The number of fused-ring (bicyclic) bond motifs is 1. The van der Waals surface area contributed by atoms with E-state index < -0.39 is 36.4 Å². The number of carbonyl (C=O) groups is 2. The van der Waals surface area contributed by atoms with Crippen molar-refractivity contribution in [2.75, 3.05) is 12.9 Å². The van der Waals surface area contributed by atoms with Crippen LogP contribution < -0.4 is 14.7 Å². The number of aliphatic carboxylic acids is 1. The molecule has 0 aromatic heterocycles. The summed E-state index contributed by atoms with van der Waals surface area (Å²) in [5.74, 6) is -5.18. The largest absolute Gasteiger partial charge is 0.547 e. The van der Waals surface area contributed by atoms with Gasteiger partial charge in [0.15, 0.2) is 0 Å². The van der Waals surface area contributed by atoms with E-state index in [9.17, 15) is 23.4 Å². The predicted molar refractivity (Wildman–Crippen MR) is 87.0 cm³/mol. The number of alkyl halides is 2. The molecule has 3 N–H and O–H groups in total. The van der Waals surface area contributed by atoms with Crippen molar-refractivity contribution >= 4 is 30.8 Å². The van der Waals surface area contributed by atoms with Crippen LogP contribution in [0.25, 0.3) is 0 Å². The number of halogens is 2. The normalized spacial score (nSPS) is 16.2. The number of carboxylic acid groups (broad SMARTS) is 1. The molecule has 25 heavy (non-hydrogen) atoms. The van der Waals surface area contributed by atoms with Crippen LogP contribution in [0.5, 0.6) is 11.5 Å². The van der Waals surface area contributed by atoms with Crippen LogP contribution in [0.15, 0.2) is 12.1 Å². The number of hydrogen-bond acceptors (Lipinski definition) is 6. The van der Waals surface area contributed by atoms with Gasteiger partial charge in [-0.25, -0.2) is 0 Å². The van der Waals surface area contributed by atoms with Crippen molar-refractivity contribution in [3.05, 3.63) is 23.3 Å². The summed E-state index contributed by atoms with van der Waals surface area (Å²) >= 11 is 0.179. The Morgan fingerprint density at radius 1 is 1.52 bits per heavy atom. The molecular weight excluding hydrogens is 359 g/mol. The highest BCUT2D eigenvalue weighted by molar-refractivity contribution is 8.00. The first-order valence-electron chi connectivity index (χ1n) is 7.26. The van der Waals surface area contributed by atoms with E-state index in [1.807, 2.05) is 0 Å². The molecule has 0 saturated carbocycles. The van der Waals surface area contributed by atoms with E-state index in [4.69, 9.17) is 14.5 Å². The second-order valence-corrected chi connectivity index (χ2v) is 6.24. The summed E-state index contributed by atoms with van der Waals surface area (Å²) < 4.78 is 34.7. The average Bonchev–Trinajstić information content (AvgIpc) is 2.54. The molecule has 0 saturated heterocycles. The standard InChI is InChI=1S/C14H16BF2NO6S/c1-23-9-3-2-7-4-10(18-11(19)6-25-14(16)17)15(22)24-13(7)8(9)5-12(20)21/h2-3,10,14,22H,4-6H2,1H3,(H,18,19)(H,20,21). The maximum absolute atomic E-state index is 12.1. The van der Waals surface area contributed by atoms with Gasteiger partial charge in [-0.2, -0.15) is 8.78 Å². The van der Waals surface area contributed by atoms with E-state index >= 15 is 0 Å². The highest BCUT2D eigenvalue weighted by Crippen LogP contribution is 2.36. The van der Waals surface area contributed by atoms with Gasteiger partial charge in [0.25, 0.3) is 5.76 Å². The van der Waals surface area contributed by atoms with Crippen molar-refractivity contribution in [1.82, 2.24) is 5.32 Å². The lowest BCUT2D eigenvalue weighted by atomic mass is 9.72. The molecule has 1 atom stereocenters. The van der Waals surface area contributed by atoms with Gasteiger partial charge >= 0.3 is 13.1 Å². The lowest BCUT2D eigenvalue weighted by Gasteiger charge is -2.30. The van der Waals surface area contributed by atoms with Gasteiger partial charge in [0.1, 0.15) is 11.5 Å². The molecule has 2 rings (SSSR count). The molecule has 1 heterocycles. The van der Waals surface area contributed by atoms with Crippen LogP contribution in [0.1, 0.15) is 11.1 Å². The Labute approximate surface area is 146 Å². The number of thioether (sulfide) groups is 1. The summed E-state index contributed by atoms with van der Waals surface area (Å²) in [6.45, 7) is 0. The summed E-state index contributed by atoms with van der Waals surface area (Å²) in [6, 6.07) is 3.21. The number of methoxy groups -OCH3 is 1. The molecule has 11 heteroatoms. The number of carboxylic acids is 1. The fraction of sp³-hybridized carbons (Fsp3) is 0.429. The van der Waals surface area contributed by atoms with Crippen LogP contribution in [0.2, 0.25) is 0 Å². The Morgan fingerprint density at radius 3 is 2.84 bits per heavy atom. The maximum atomic E-state index is 12.1. The van der Waals surface area contributed by atoms with Crippen LogP contribution in [-0.4, -0.2) is 53.7 Å². The van der Waals surface area contributed by atoms with E-state index in [-0.39, 0.29) is 35.9 Å². The molecule has 1 aliphatic heterocycles. The summed E-state index contributed by atoms with van der Waals surface area (Å²) in [5.41, 5.74) is 0.860. The summed E-state index contributed by atoms with van der Waals surface area (Å²) in [6.07, 6.45) is -0.195. The monoisotopic (exact) mass is 375 g/mol. The van der Waals surface area contributed by atoms with Gasteiger partial charge in [-0.3, -0.25) is 9.59 Å². The third kappa shape index (κ3) is 4.99. The Kier molecular flexibility index (Phi) is 6.48. The highest BCUT2D eigenvalue weighted by atomic mass is 32.2. The molecule has 0 spiro atoms. The van der Waals surface area contributed by atoms with Gasteiger partial charge in [0.2, 0.25) is 5.91 Å². The first-order valence-corrected chi connectivity index (χ1v) is 8.31. The number of amides is 1. The smallest absolute Gasteiger partial charge is 0.534 e. The van der Waals surface area contributed by atoms with E-state index in [1.165, 1.54) is 7.11 Å². The molecule has 1 amide bonds. The van der Waals surface area contributed by atoms with Crippen LogP contribution in [0.4, 0.5) is 8.78 Å². The van der Waals surface area contributed by atoms with Crippen molar-refractivity contribution < 1.29 is 37.9 Å². The van der Waals surface area contributed by atoms with Gasteiger partial charge in [0.05, 0.1) is 25.2 Å². The summed E-state index contributed by atoms with van der Waals surface area (Å²) in [7, 11) is -0.0524. The zero-order valence-electron chi connectivity index (χ0n) is 13.2. The van der Waals surface area contributed by atoms with E-state index in [0.717, 1.165) is 0 Å². The number of carbonyl (C=O) groups excluding carboxylic acids is 1. The van der Waals surface area contributed by atoms with Crippen LogP contribution >= 0.6 is 11.8 Å². The molecule has 7 nitrogen and oxygen atoms in total. The molecule has 1 unspecified atom stereocenters. The lowest BCUT2D eigenvalue weighted by molar-refractivity contribution is -0.136. The Hall–Kier alpha value is -2.01. The lowest BCUT2D eigenvalue weighted by Crippen LogP contribution is -2.53. The third-order valence-corrected chi connectivity index (χ3v) is 4.24. The first-order chi connectivity index (χ1) is 11.8. The predicted octanol–water partition coefficient (Wildman–Crippen LogP) is 0.717. The Morgan fingerprint density at radius 2 is 2.24 bits per heavy atom. The second-order valence-electron chi connectivity index (χ2n) is 5.26. The molecule has 136 valence electrons. The highest BCUT2D eigenvalue weighted by Gasteiger charge is 2.37. The van der Waals surface area contributed by atoms with Crippen molar-refractivity contribution in [3.8, 4) is 11.5 Å². The molecule has 0 radical (unpaired) electrons. The fourth-order valence-electron chi connectivity index (χ4n) is 2.53. The van der Waals surface area contributed by atoms with Crippen LogP contribution in [0.3, 0.4) is 0 Å². The van der Waals surface area contributed by atoms with E-state index in [2.05, 4.69) is 5.32 Å². The minimum absolute atomic E-state index is 0.165. The van der Waals surface area contributed by atoms with Gasteiger partial charge in [-0.15, -0.1) is 0 Å². The summed E-state index contributed by atoms with van der Waals surface area (Å²) in [5, 5.41) is 21.6. The molecule has 0 aliphatic carbocycles. The quantitative estimate of drug-likeness (QED) is 0.603. The number of ether oxygens (including phenoxy) is 1. The van der Waals surface area contributed by atoms with Gasteiger partial charge in [-0.1, -0.05) is 17.8 Å². The number of rotatable bonds is 7. The zero-order valence-corrected chi connectivity index (χ0v) is 14.0. The van der Waals surface area contributed by atoms with Crippen molar-refractivity contribution in [2.45, 2.75) is 24.5 Å². The van der Waals surface area contributed by atoms with Crippen LogP contribution in [-0.2, 0) is 22.4 Å². The first kappa shape index (κ1) is 19.3.